The Balaban J connectivity index is 1.07. The van der Waals surface area contributed by atoms with Crippen LogP contribution < -0.4 is 9.80 Å². The highest BCUT2D eigenvalue weighted by Crippen LogP contribution is 2.57. The lowest BCUT2D eigenvalue weighted by Crippen LogP contribution is -2.17. The first kappa shape index (κ1) is 49.3. The van der Waals surface area contributed by atoms with Crippen molar-refractivity contribution in [3.63, 3.8) is 0 Å². The van der Waals surface area contributed by atoms with Gasteiger partial charge in [-0.15, -0.1) is 0 Å². The molecule has 0 fully saturated rings. The summed E-state index contributed by atoms with van der Waals surface area (Å²) < 4.78 is 2.65. The first-order chi connectivity index (χ1) is 36.0. The van der Waals surface area contributed by atoms with Gasteiger partial charge in [-0.05, 0) is 156 Å². The molecule has 0 atom stereocenters. The van der Waals surface area contributed by atoms with Gasteiger partial charge in [0.1, 0.15) is 0 Å². The number of fused-ring (bicyclic) bond motifs is 10. The zero-order valence-electron chi connectivity index (χ0n) is 47.2. The summed E-state index contributed by atoms with van der Waals surface area (Å²) in [6.45, 7) is 32.4. The Bertz CT molecular complexity index is 3880. The normalized spacial score (nSPS) is 13.8. The van der Waals surface area contributed by atoms with Gasteiger partial charge in [0.05, 0.1) is 16.7 Å². The number of aromatic nitrogens is 1. The van der Waals surface area contributed by atoms with Crippen molar-refractivity contribution in [2.45, 2.75) is 124 Å². The van der Waals surface area contributed by atoms with E-state index in [2.05, 4.69) is 299 Å². The number of benzene rings is 9. The molecule has 0 saturated heterocycles. The van der Waals surface area contributed by atoms with Crippen molar-refractivity contribution in [2.75, 3.05) is 9.80 Å². The van der Waals surface area contributed by atoms with Crippen molar-refractivity contribution < 1.29 is 0 Å². The maximum absolute atomic E-state index is 2.65. The third-order valence-corrected chi connectivity index (χ3v) is 16.7. The van der Waals surface area contributed by atoms with Crippen LogP contribution in [0.5, 0.6) is 0 Å². The van der Waals surface area contributed by atoms with Crippen LogP contribution in [0.2, 0.25) is 0 Å². The van der Waals surface area contributed by atoms with Crippen molar-refractivity contribution in [3.05, 3.63) is 221 Å². The molecule has 1 aliphatic carbocycles. The van der Waals surface area contributed by atoms with Crippen molar-refractivity contribution in [1.29, 1.82) is 0 Å². The van der Waals surface area contributed by atoms with Gasteiger partial charge in [0.15, 0.2) is 0 Å². The Morgan fingerprint density at radius 1 is 0.342 bits per heavy atom. The summed E-state index contributed by atoms with van der Waals surface area (Å²) in [7, 11) is 0. The van der Waals surface area contributed by atoms with E-state index < -0.39 is 0 Å². The molecule has 1 aliphatic rings. The van der Waals surface area contributed by atoms with Gasteiger partial charge in [0.2, 0.25) is 0 Å². The standard InChI is InChI=1S/C73H73N3/c1-69(2,3)49-21-29-53(30-22-49)74(54-31-23-50(24-32-54)70(4,5)6)57-37-40-59-47(42-57)20-39-60-62-43-48(46-18-16-15-17-19-46)44-63-65-68(76(66(59)60)67(62)63)61-41-38-58(45-64(61)73(65,13)14)75(55-33-25-51(26-34-55)71(7,8)9)56-35-27-52(28-36-56)72(10,11)12/h15-45H,1-14H3. The molecule has 0 bridgehead atoms. The first-order valence-electron chi connectivity index (χ1n) is 27.5. The molecular weight excluding hydrogens is 919 g/mol. The van der Waals surface area contributed by atoms with Gasteiger partial charge in [-0.25, -0.2) is 0 Å². The largest absolute Gasteiger partial charge is 0.310 e. The zero-order valence-corrected chi connectivity index (χ0v) is 47.2. The molecule has 380 valence electrons. The molecule has 2 aromatic heterocycles. The monoisotopic (exact) mass is 992 g/mol. The van der Waals surface area contributed by atoms with Crippen LogP contribution >= 0.6 is 0 Å². The molecule has 3 heteroatoms. The number of nitrogens with zero attached hydrogens (tertiary/aromatic N) is 3. The lowest BCUT2D eigenvalue weighted by molar-refractivity contribution is 0.590. The topological polar surface area (TPSA) is 10.9 Å². The van der Waals surface area contributed by atoms with E-state index in [0.29, 0.717) is 0 Å². The Hall–Kier alpha value is -7.62. The molecule has 0 saturated carbocycles. The van der Waals surface area contributed by atoms with E-state index in [9.17, 15) is 0 Å². The van der Waals surface area contributed by atoms with E-state index >= 15 is 0 Å². The second-order valence-corrected chi connectivity index (χ2v) is 26.4. The van der Waals surface area contributed by atoms with E-state index in [1.807, 2.05) is 0 Å². The van der Waals surface area contributed by atoms with Crippen LogP contribution in [-0.4, -0.2) is 4.40 Å². The molecule has 0 spiro atoms. The second-order valence-electron chi connectivity index (χ2n) is 26.4. The molecule has 9 aromatic carbocycles. The Labute approximate surface area is 451 Å². The van der Waals surface area contributed by atoms with E-state index in [-0.39, 0.29) is 27.1 Å². The number of hydrogen-bond donors (Lipinski definition) is 0. The lowest BCUT2D eigenvalue weighted by Gasteiger charge is -2.29. The summed E-state index contributed by atoms with van der Waals surface area (Å²) in [6.07, 6.45) is 0. The second kappa shape index (κ2) is 17.2. The number of hydrogen-bond acceptors (Lipinski definition) is 2. The predicted octanol–water partition coefficient (Wildman–Crippen LogP) is 20.9. The molecule has 3 nitrogen and oxygen atoms in total. The van der Waals surface area contributed by atoms with E-state index in [1.165, 1.54) is 93.7 Å². The summed E-state index contributed by atoms with van der Waals surface area (Å²) in [5.74, 6) is 0. The fraction of sp³-hybridized carbons (Fsp3) is 0.260. The van der Waals surface area contributed by atoms with Gasteiger partial charge < -0.3 is 14.2 Å². The van der Waals surface area contributed by atoms with Gasteiger partial charge in [0.25, 0.3) is 0 Å². The maximum Gasteiger partial charge on any atom is 0.0620 e. The van der Waals surface area contributed by atoms with Crippen LogP contribution in [-0.2, 0) is 27.1 Å². The minimum absolute atomic E-state index is 0.0536. The van der Waals surface area contributed by atoms with Crippen LogP contribution in [0.3, 0.4) is 0 Å². The maximum atomic E-state index is 2.65. The van der Waals surface area contributed by atoms with Crippen molar-refractivity contribution in [2.24, 2.45) is 0 Å². The van der Waals surface area contributed by atoms with Gasteiger partial charge >= 0.3 is 0 Å². The number of rotatable bonds is 7. The highest BCUT2D eigenvalue weighted by atomic mass is 15.1. The minimum atomic E-state index is -0.310. The van der Waals surface area contributed by atoms with Crippen molar-refractivity contribution >= 4 is 72.1 Å². The third-order valence-electron chi connectivity index (χ3n) is 16.7. The molecule has 0 aliphatic heterocycles. The van der Waals surface area contributed by atoms with Gasteiger partial charge in [-0.1, -0.05) is 200 Å². The van der Waals surface area contributed by atoms with Gasteiger partial charge in [-0.2, -0.15) is 0 Å². The van der Waals surface area contributed by atoms with Crippen molar-refractivity contribution in [1.82, 2.24) is 4.40 Å². The molecule has 0 N–H and O–H groups in total. The fourth-order valence-corrected chi connectivity index (χ4v) is 12.3. The molecule has 2 heterocycles. The Kier molecular flexibility index (Phi) is 11.2. The first-order valence-corrected chi connectivity index (χ1v) is 27.5. The fourth-order valence-electron chi connectivity index (χ4n) is 12.3. The summed E-state index contributed by atoms with van der Waals surface area (Å²) in [4.78, 5) is 4.88. The summed E-state index contributed by atoms with van der Waals surface area (Å²) >= 11 is 0. The van der Waals surface area contributed by atoms with Crippen LogP contribution in [0.1, 0.15) is 130 Å². The average molecular weight is 992 g/mol. The SMILES string of the molecule is CC(C)(C)c1ccc(N(c2ccc(C(C)(C)C)cc2)c2ccc3c(c2)C(C)(C)c2c-3n3c4c2cc(-c2ccccc2)cc4c2ccc4cc(N(c5ccc(C(C)(C)C)cc5)c5ccc(C(C)(C)C)cc5)ccc4c23)cc1. The summed E-state index contributed by atoms with van der Waals surface area (Å²) in [6, 6.07) is 71.9. The number of anilines is 6. The third kappa shape index (κ3) is 8.08. The lowest BCUT2D eigenvalue weighted by atomic mass is 9.80. The van der Waals surface area contributed by atoms with Crippen molar-refractivity contribution in [3.8, 4) is 22.4 Å². The molecule has 0 unspecified atom stereocenters. The van der Waals surface area contributed by atoms with Crippen LogP contribution in [0.25, 0.3) is 60.3 Å². The summed E-state index contributed by atoms with van der Waals surface area (Å²) in [5, 5.41) is 6.36. The molecule has 0 radical (unpaired) electrons. The quantitative estimate of drug-likeness (QED) is 0.158. The van der Waals surface area contributed by atoms with Crippen LogP contribution in [0.15, 0.2) is 188 Å². The highest BCUT2D eigenvalue weighted by Gasteiger charge is 2.42. The van der Waals surface area contributed by atoms with Crippen LogP contribution in [0, 0.1) is 0 Å². The van der Waals surface area contributed by atoms with Gasteiger partial charge in [-0.3, -0.25) is 0 Å². The molecule has 0 amide bonds. The van der Waals surface area contributed by atoms with E-state index in [4.69, 9.17) is 0 Å². The Morgan fingerprint density at radius 2 is 0.737 bits per heavy atom. The Morgan fingerprint density at radius 3 is 1.20 bits per heavy atom. The molecule has 76 heavy (non-hydrogen) atoms. The zero-order chi connectivity index (χ0) is 53.4. The van der Waals surface area contributed by atoms with Crippen LogP contribution in [0.4, 0.5) is 34.1 Å². The average Bonchev–Trinajstić information content (AvgIpc) is 4.07. The minimum Gasteiger partial charge on any atom is -0.310 e. The van der Waals surface area contributed by atoms with E-state index in [0.717, 1.165) is 34.1 Å². The molecule has 11 aromatic rings. The van der Waals surface area contributed by atoms with E-state index in [1.54, 1.807) is 0 Å². The molecular formula is C73H73N3. The predicted molar refractivity (Wildman–Crippen MR) is 328 cm³/mol. The smallest absolute Gasteiger partial charge is 0.0620 e. The van der Waals surface area contributed by atoms with Gasteiger partial charge in [0, 0.05) is 66.6 Å². The summed E-state index contributed by atoms with van der Waals surface area (Å²) in [5.41, 5.74) is 22.5. The molecule has 12 rings (SSSR count). The highest BCUT2D eigenvalue weighted by molar-refractivity contribution is 6.25.